The third-order valence-electron chi connectivity index (χ3n) is 3.77. The number of anilines is 2. The second kappa shape index (κ2) is 5.90. The lowest BCUT2D eigenvalue weighted by molar-refractivity contribution is 0.310. The summed E-state index contributed by atoms with van der Waals surface area (Å²) in [6, 6.07) is 17.4. The van der Waals surface area contributed by atoms with E-state index in [1.54, 1.807) is 0 Å². The zero-order chi connectivity index (χ0) is 13.9. The van der Waals surface area contributed by atoms with Gasteiger partial charge in [0.15, 0.2) is 0 Å². The summed E-state index contributed by atoms with van der Waals surface area (Å²) in [5.74, 6) is 0. The summed E-state index contributed by atoms with van der Waals surface area (Å²) < 4.78 is 0. The predicted octanol–water partition coefficient (Wildman–Crippen LogP) is 4.59. The van der Waals surface area contributed by atoms with Gasteiger partial charge in [0.05, 0.1) is 18.0 Å². The Balaban J connectivity index is 2.03. The van der Waals surface area contributed by atoms with Crippen molar-refractivity contribution in [2.45, 2.75) is 23.6 Å². The minimum Gasteiger partial charge on any atom is -0.326 e. The van der Waals surface area contributed by atoms with Crippen LogP contribution in [0.15, 0.2) is 58.3 Å². The highest BCUT2D eigenvalue weighted by atomic mass is 32.2. The molecule has 2 nitrogen and oxygen atoms in total. The maximum Gasteiger partial charge on any atom is 0.0757 e. The maximum atomic E-state index is 2.45. The number of fused-ring (bicyclic) bond motifs is 2. The Kier molecular flexibility index (Phi) is 3.99. The van der Waals surface area contributed by atoms with Gasteiger partial charge in [-0.15, -0.1) is 0 Å². The lowest BCUT2D eigenvalue weighted by Crippen LogP contribution is -2.36. The molecule has 0 unspecified atom stereocenters. The van der Waals surface area contributed by atoms with Gasteiger partial charge in [0.1, 0.15) is 0 Å². The third-order valence-corrected chi connectivity index (χ3v) is 4.90. The number of rotatable bonds is 4. The van der Waals surface area contributed by atoms with Crippen LogP contribution in [0.2, 0.25) is 0 Å². The fourth-order valence-electron chi connectivity index (χ4n) is 2.56. The van der Waals surface area contributed by atoms with Crippen LogP contribution < -0.4 is 4.90 Å². The fraction of sp³-hybridized carbons (Fsp3) is 0.294. The van der Waals surface area contributed by atoms with Crippen molar-refractivity contribution in [2.24, 2.45) is 0 Å². The van der Waals surface area contributed by atoms with E-state index in [9.17, 15) is 0 Å². The minimum atomic E-state index is 0.946. The lowest BCUT2D eigenvalue weighted by Gasteiger charge is -2.36. The van der Waals surface area contributed by atoms with E-state index in [1.807, 2.05) is 11.8 Å². The first-order valence-electron chi connectivity index (χ1n) is 7.19. The Bertz CT molecular complexity index is 548. The van der Waals surface area contributed by atoms with Crippen LogP contribution in [0.1, 0.15) is 13.8 Å². The van der Waals surface area contributed by atoms with Gasteiger partial charge in [-0.05, 0) is 37.4 Å². The molecule has 0 aromatic heterocycles. The van der Waals surface area contributed by atoms with E-state index < -0.39 is 0 Å². The molecule has 0 fully saturated rings. The van der Waals surface area contributed by atoms with Crippen LogP contribution in [0.4, 0.5) is 11.4 Å². The Labute approximate surface area is 125 Å². The van der Waals surface area contributed by atoms with E-state index in [-0.39, 0.29) is 0 Å². The van der Waals surface area contributed by atoms with E-state index in [1.165, 1.54) is 21.2 Å². The molecule has 0 aliphatic carbocycles. The average Bonchev–Trinajstić information content (AvgIpc) is 2.51. The average molecular weight is 284 g/mol. The number of benzene rings is 2. The summed E-state index contributed by atoms with van der Waals surface area (Å²) in [4.78, 5) is 7.58. The molecule has 20 heavy (non-hydrogen) atoms. The van der Waals surface area contributed by atoms with Crippen molar-refractivity contribution in [1.82, 2.24) is 4.90 Å². The van der Waals surface area contributed by atoms with Crippen LogP contribution in [0.25, 0.3) is 0 Å². The van der Waals surface area contributed by atoms with Gasteiger partial charge in [-0.1, -0.05) is 49.9 Å². The molecule has 0 radical (unpaired) electrons. The number of hydrogen-bond acceptors (Lipinski definition) is 3. The van der Waals surface area contributed by atoms with Gasteiger partial charge in [-0.25, -0.2) is 0 Å². The quantitative estimate of drug-likeness (QED) is 0.811. The summed E-state index contributed by atoms with van der Waals surface area (Å²) in [7, 11) is 0. The van der Waals surface area contributed by atoms with Crippen LogP contribution in [0.3, 0.4) is 0 Å². The molecule has 1 aliphatic rings. The summed E-state index contributed by atoms with van der Waals surface area (Å²) in [6.45, 7) is 7.54. The monoisotopic (exact) mass is 284 g/mol. The lowest BCUT2D eigenvalue weighted by atomic mass is 10.2. The Morgan fingerprint density at radius 1 is 0.850 bits per heavy atom. The fourth-order valence-corrected chi connectivity index (χ4v) is 3.65. The largest absolute Gasteiger partial charge is 0.326 e. The SMILES string of the molecule is CCN(CC)CN1c2ccccc2Sc2ccccc21. The summed E-state index contributed by atoms with van der Waals surface area (Å²) in [6.07, 6.45) is 0. The number of hydrogen-bond donors (Lipinski definition) is 0. The van der Waals surface area contributed by atoms with E-state index >= 15 is 0 Å². The molecule has 2 aromatic rings. The zero-order valence-electron chi connectivity index (χ0n) is 12.0. The van der Waals surface area contributed by atoms with Gasteiger partial charge in [-0.3, -0.25) is 4.90 Å². The summed E-state index contributed by atoms with van der Waals surface area (Å²) >= 11 is 1.87. The van der Waals surface area contributed by atoms with Gasteiger partial charge < -0.3 is 4.90 Å². The van der Waals surface area contributed by atoms with Gasteiger partial charge >= 0.3 is 0 Å². The molecule has 0 atom stereocenters. The molecule has 0 spiro atoms. The highest BCUT2D eigenvalue weighted by molar-refractivity contribution is 7.99. The number of para-hydroxylation sites is 2. The minimum absolute atomic E-state index is 0.946. The van der Waals surface area contributed by atoms with Crippen LogP contribution in [-0.2, 0) is 0 Å². The van der Waals surface area contributed by atoms with Crippen molar-refractivity contribution in [2.75, 3.05) is 24.7 Å². The van der Waals surface area contributed by atoms with Crippen LogP contribution in [0.5, 0.6) is 0 Å². The normalized spacial score (nSPS) is 13.2. The van der Waals surface area contributed by atoms with E-state index in [0.717, 1.165) is 19.8 Å². The molecular weight excluding hydrogens is 264 g/mol. The number of nitrogens with zero attached hydrogens (tertiary/aromatic N) is 2. The zero-order valence-corrected chi connectivity index (χ0v) is 12.9. The molecule has 0 bridgehead atoms. The third kappa shape index (κ3) is 2.43. The van der Waals surface area contributed by atoms with Crippen molar-refractivity contribution in [3.63, 3.8) is 0 Å². The molecule has 3 heteroatoms. The molecule has 0 amide bonds. The van der Waals surface area contributed by atoms with Crippen LogP contribution >= 0.6 is 11.8 Å². The molecule has 0 saturated heterocycles. The van der Waals surface area contributed by atoms with Crippen molar-refractivity contribution in [3.8, 4) is 0 Å². The van der Waals surface area contributed by atoms with Crippen molar-refractivity contribution < 1.29 is 0 Å². The van der Waals surface area contributed by atoms with E-state index in [0.29, 0.717) is 0 Å². The topological polar surface area (TPSA) is 6.48 Å². The first-order chi connectivity index (χ1) is 9.83. The van der Waals surface area contributed by atoms with Crippen molar-refractivity contribution in [3.05, 3.63) is 48.5 Å². The first kappa shape index (κ1) is 13.5. The summed E-state index contributed by atoms with van der Waals surface area (Å²) in [5.41, 5.74) is 2.64. The summed E-state index contributed by atoms with van der Waals surface area (Å²) in [5, 5.41) is 0. The Hall–Kier alpha value is -1.45. The highest BCUT2D eigenvalue weighted by Crippen LogP contribution is 2.47. The van der Waals surface area contributed by atoms with Crippen molar-refractivity contribution >= 4 is 23.1 Å². The maximum absolute atomic E-state index is 2.45. The smallest absolute Gasteiger partial charge is 0.0757 e. The Morgan fingerprint density at radius 2 is 1.35 bits per heavy atom. The first-order valence-corrected chi connectivity index (χ1v) is 8.01. The van der Waals surface area contributed by atoms with E-state index in [4.69, 9.17) is 0 Å². The van der Waals surface area contributed by atoms with Gasteiger partial charge in [0, 0.05) is 9.79 Å². The predicted molar refractivity (Wildman–Crippen MR) is 86.9 cm³/mol. The Morgan fingerprint density at radius 3 is 1.85 bits per heavy atom. The standard InChI is InChI=1S/C17H20N2S/c1-3-18(4-2)13-19-14-9-5-7-11-16(14)20-17-12-8-6-10-15(17)19/h5-12H,3-4,13H2,1-2H3. The van der Waals surface area contributed by atoms with Gasteiger partial charge in [0.2, 0.25) is 0 Å². The second-order valence-electron chi connectivity index (χ2n) is 4.91. The molecular formula is C17H20N2S. The molecule has 3 rings (SSSR count). The molecule has 0 saturated carbocycles. The molecule has 1 aliphatic heterocycles. The van der Waals surface area contributed by atoms with Gasteiger partial charge in [0.25, 0.3) is 0 Å². The second-order valence-corrected chi connectivity index (χ2v) is 5.99. The van der Waals surface area contributed by atoms with E-state index in [2.05, 4.69) is 72.2 Å². The van der Waals surface area contributed by atoms with Crippen molar-refractivity contribution in [1.29, 1.82) is 0 Å². The molecule has 2 aromatic carbocycles. The molecule has 104 valence electrons. The molecule has 1 heterocycles. The van der Waals surface area contributed by atoms with Gasteiger partial charge in [-0.2, -0.15) is 0 Å². The van der Waals surface area contributed by atoms with Crippen LogP contribution in [-0.4, -0.2) is 24.7 Å². The van der Waals surface area contributed by atoms with Crippen LogP contribution in [0, 0.1) is 0 Å². The molecule has 0 N–H and O–H groups in total. The highest BCUT2D eigenvalue weighted by Gasteiger charge is 2.23.